The number of imidazole rings is 1. The van der Waals surface area contributed by atoms with Gasteiger partial charge in [0, 0.05) is 13.0 Å². The third-order valence-corrected chi connectivity index (χ3v) is 4.69. The van der Waals surface area contributed by atoms with Gasteiger partial charge >= 0.3 is 6.09 Å². The van der Waals surface area contributed by atoms with Crippen LogP contribution >= 0.6 is 0 Å². The molecular weight excluding hydrogens is 356 g/mol. The molecule has 2 unspecified atom stereocenters. The van der Waals surface area contributed by atoms with Crippen molar-refractivity contribution in [2.45, 2.75) is 52.2 Å². The highest BCUT2D eigenvalue weighted by Crippen LogP contribution is 2.36. The van der Waals surface area contributed by atoms with Gasteiger partial charge in [0.1, 0.15) is 28.7 Å². The SMILES string of the molecule is CC(NC(=O)OC(C)(C)C)c1nc2c(F)c3c(c(F)c2n1C)CC(C=O)C3. The molecule has 2 atom stereocenters. The number of aryl methyl sites for hydroxylation is 1. The van der Waals surface area contributed by atoms with Gasteiger partial charge in [-0.2, -0.15) is 0 Å². The van der Waals surface area contributed by atoms with E-state index in [1.165, 1.54) is 4.57 Å². The minimum Gasteiger partial charge on any atom is -0.444 e. The minimum absolute atomic E-state index is 0.0330. The first kappa shape index (κ1) is 19.3. The van der Waals surface area contributed by atoms with Crippen molar-refractivity contribution in [1.29, 1.82) is 0 Å². The zero-order valence-corrected chi connectivity index (χ0v) is 16.0. The summed E-state index contributed by atoms with van der Waals surface area (Å²) in [6.07, 6.45) is 0.452. The first-order valence-corrected chi connectivity index (χ1v) is 8.83. The van der Waals surface area contributed by atoms with Crippen molar-refractivity contribution >= 4 is 23.4 Å². The van der Waals surface area contributed by atoms with Gasteiger partial charge in [0.25, 0.3) is 0 Å². The summed E-state index contributed by atoms with van der Waals surface area (Å²) in [5.74, 6) is -1.26. The number of hydrogen-bond donors (Lipinski definition) is 1. The lowest BCUT2D eigenvalue weighted by atomic mass is 10.1. The van der Waals surface area contributed by atoms with Gasteiger partial charge in [-0.05, 0) is 51.7 Å². The Hall–Kier alpha value is -2.51. The lowest BCUT2D eigenvalue weighted by molar-refractivity contribution is -0.110. The molecule has 0 saturated carbocycles. The van der Waals surface area contributed by atoms with Gasteiger partial charge in [-0.3, -0.25) is 0 Å². The lowest BCUT2D eigenvalue weighted by Crippen LogP contribution is -2.34. The Balaban J connectivity index is 1.99. The molecule has 0 radical (unpaired) electrons. The maximum atomic E-state index is 15.0. The summed E-state index contributed by atoms with van der Waals surface area (Å²) < 4.78 is 36.6. The van der Waals surface area contributed by atoms with E-state index < -0.39 is 35.3 Å². The molecular formula is C19H23F2N3O3. The second-order valence-corrected chi connectivity index (χ2v) is 7.98. The third-order valence-electron chi connectivity index (χ3n) is 4.69. The zero-order chi connectivity index (χ0) is 20.1. The number of aldehydes is 1. The van der Waals surface area contributed by atoms with Crippen LogP contribution in [-0.4, -0.2) is 27.5 Å². The summed E-state index contributed by atoms with van der Waals surface area (Å²) in [4.78, 5) is 27.2. The number of nitrogens with zero attached hydrogens (tertiary/aromatic N) is 2. The topological polar surface area (TPSA) is 73.2 Å². The number of rotatable bonds is 3. The summed E-state index contributed by atoms with van der Waals surface area (Å²) >= 11 is 0. The predicted molar refractivity (Wildman–Crippen MR) is 95.4 cm³/mol. The monoisotopic (exact) mass is 379 g/mol. The smallest absolute Gasteiger partial charge is 0.408 e. The van der Waals surface area contributed by atoms with Gasteiger partial charge < -0.3 is 19.4 Å². The molecule has 0 saturated heterocycles. The van der Waals surface area contributed by atoms with Gasteiger partial charge in [0.05, 0.1) is 6.04 Å². The van der Waals surface area contributed by atoms with Crippen molar-refractivity contribution in [3.8, 4) is 0 Å². The highest BCUT2D eigenvalue weighted by atomic mass is 19.1. The molecule has 2 aromatic rings. The lowest BCUT2D eigenvalue weighted by Gasteiger charge is -2.21. The molecule has 0 bridgehead atoms. The normalized spacial score (nSPS) is 17.7. The average molecular weight is 379 g/mol. The molecule has 27 heavy (non-hydrogen) atoms. The Morgan fingerprint density at radius 3 is 2.44 bits per heavy atom. The number of nitrogens with one attached hydrogen (secondary N) is 1. The van der Waals surface area contributed by atoms with Gasteiger partial charge in [-0.25, -0.2) is 18.6 Å². The largest absolute Gasteiger partial charge is 0.444 e. The Kier molecular flexibility index (Phi) is 4.69. The Morgan fingerprint density at radius 1 is 1.30 bits per heavy atom. The minimum atomic E-state index is -0.662. The number of fused-ring (bicyclic) bond motifs is 2. The first-order valence-electron chi connectivity index (χ1n) is 8.83. The van der Waals surface area contributed by atoms with Crippen molar-refractivity contribution in [3.63, 3.8) is 0 Å². The quantitative estimate of drug-likeness (QED) is 0.830. The van der Waals surface area contributed by atoms with Crippen LogP contribution in [0.3, 0.4) is 0 Å². The van der Waals surface area contributed by atoms with Crippen LogP contribution in [-0.2, 0) is 29.4 Å². The van der Waals surface area contributed by atoms with Crippen LogP contribution in [0.15, 0.2) is 0 Å². The van der Waals surface area contributed by atoms with Gasteiger partial charge in [0.2, 0.25) is 0 Å². The molecule has 1 N–H and O–H groups in total. The van der Waals surface area contributed by atoms with Crippen LogP contribution in [0.2, 0.25) is 0 Å². The van der Waals surface area contributed by atoms with Crippen LogP contribution in [0.4, 0.5) is 13.6 Å². The summed E-state index contributed by atoms with van der Waals surface area (Å²) in [5, 5.41) is 2.63. The number of alkyl carbamates (subject to hydrolysis) is 1. The van der Waals surface area contributed by atoms with Crippen molar-refractivity contribution in [2.24, 2.45) is 13.0 Å². The Labute approximate surface area is 155 Å². The third kappa shape index (κ3) is 3.40. The molecule has 0 spiro atoms. The molecule has 0 aliphatic heterocycles. The molecule has 1 heterocycles. The number of amides is 1. The van der Waals surface area contributed by atoms with Crippen molar-refractivity contribution in [3.05, 3.63) is 28.6 Å². The van der Waals surface area contributed by atoms with Crippen LogP contribution in [0.1, 0.15) is 50.7 Å². The van der Waals surface area contributed by atoms with E-state index in [0.717, 1.165) is 6.29 Å². The number of carbonyl (C=O) groups is 2. The summed E-state index contributed by atoms with van der Waals surface area (Å²) in [6, 6.07) is -0.617. The molecule has 1 aliphatic rings. The molecule has 1 aromatic carbocycles. The number of hydrogen-bond acceptors (Lipinski definition) is 4. The first-order chi connectivity index (χ1) is 12.5. The van der Waals surface area contributed by atoms with Gasteiger partial charge in [-0.1, -0.05) is 0 Å². The highest BCUT2D eigenvalue weighted by molar-refractivity contribution is 5.81. The second-order valence-electron chi connectivity index (χ2n) is 7.98. The zero-order valence-electron chi connectivity index (χ0n) is 16.0. The van der Waals surface area contributed by atoms with E-state index in [-0.39, 0.29) is 35.0 Å². The fourth-order valence-electron chi connectivity index (χ4n) is 3.53. The van der Waals surface area contributed by atoms with E-state index in [9.17, 15) is 14.0 Å². The van der Waals surface area contributed by atoms with Gasteiger partial charge in [-0.15, -0.1) is 0 Å². The molecule has 8 heteroatoms. The highest BCUT2D eigenvalue weighted by Gasteiger charge is 2.32. The molecule has 146 valence electrons. The van der Waals surface area contributed by atoms with E-state index in [1.807, 2.05) is 0 Å². The van der Waals surface area contributed by atoms with Crippen molar-refractivity contribution < 1.29 is 23.1 Å². The second kappa shape index (κ2) is 6.58. The van der Waals surface area contributed by atoms with E-state index in [2.05, 4.69) is 10.3 Å². The molecule has 1 aromatic heterocycles. The number of carbonyl (C=O) groups excluding carboxylic acids is 2. The van der Waals surface area contributed by atoms with Crippen molar-refractivity contribution in [2.75, 3.05) is 0 Å². The molecule has 0 fully saturated rings. The van der Waals surface area contributed by atoms with Crippen molar-refractivity contribution in [1.82, 2.24) is 14.9 Å². The average Bonchev–Trinajstić information content (AvgIpc) is 3.12. The van der Waals surface area contributed by atoms with E-state index in [0.29, 0.717) is 5.82 Å². The van der Waals surface area contributed by atoms with E-state index >= 15 is 4.39 Å². The van der Waals surface area contributed by atoms with Crippen LogP contribution < -0.4 is 5.32 Å². The predicted octanol–water partition coefficient (Wildman–Crippen LogP) is 3.35. The van der Waals surface area contributed by atoms with Crippen LogP contribution in [0.5, 0.6) is 0 Å². The maximum absolute atomic E-state index is 15.0. The summed E-state index contributed by atoms with van der Waals surface area (Å²) in [6.45, 7) is 6.89. The summed E-state index contributed by atoms with van der Waals surface area (Å²) in [7, 11) is 1.57. The molecule has 6 nitrogen and oxygen atoms in total. The maximum Gasteiger partial charge on any atom is 0.408 e. The summed E-state index contributed by atoms with van der Waals surface area (Å²) in [5.41, 5.74) is -0.266. The number of benzene rings is 1. The van der Waals surface area contributed by atoms with Crippen LogP contribution in [0, 0.1) is 17.6 Å². The standard InChI is InChI=1S/C19H23F2N3O3/c1-9(22-18(26)27-19(2,3)4)17-23-15-13(20)11-6-10(8-25)7-12(11)14(21)16(15)24(17)5/h8-10H,6-7H2,1-5H3,(H,22,26). The number of ether oxygens (including phenoxy) is 1. The number of halogens is 2. The number of aromatic nitrogens is 2. The molecule has 1 aliphatic carbocycles. The Bertz CT molecular complexity index is 931. The Morgan fingerprint density at radius 2 is 1.89 bits per heavy atom. The fourth-order valence-corrected chi connectivity index (χ4v) is 3.53. The van der Waals surface area contributed by atoms with Crippen LogP contribution in [0.25, 0.3) is 11.0 Å². The fraction of sp³-hybridized carbons (Fsp3) is 0.526. The van der Waals surface area contributed by atoms with E-state index in [4.69, 9.17) is 4.74 Å². The van der Waals surface area contributed by atoms with Gasteiger partial charge in [0.15, 0.2) is 11.6 Å². The molecule has 1 amide bonds. The van der Waals surface area contributed by atoms with E-state index in [1.54, 1.807) is 34.7 Å². The molecule has 3 rings (SSSR count).